The Kier molecular flexibility index (Phi) is 4.23. The van der Waals surface area contributed by atoms with Gasteiger partial charge >= 0.3 is 0 Å². The molecule has 0 aromatic carbocycles. The minimum absolute atomic E-state index is 0.277. The van der Waals surface area contributed by atoms with E-state index in [0.29, 0.717) is 17.1 Å². The number of rotatable bonds is 3. The van der Waals surface area contributed by atoms with Crippen LogP contribution in [0.15, 0.2) is 12.2 Å². The molecule has 1 nitrogen and oxygen atoms in total. The Bertz CT molecular complexity index is 370. The van der Waals surface area contributed by atoms with Gasteiger partial charge in [0.05, 0.1) is 0 Å². The predicted octanol–water partition coefficient (Wildman–Crippen LogP) is 5.01. The van der Waals surface area contributed by atoms with Crippen LogP contribution in [0.5, 0.6) is 0 Å². The molecule has 2 fully saturated rings. The van der Waals surface area contributed by atoms with Gasteiger partial charge in [0.1, 0.15) is 5.78 Å². The van der Waals surface area contributed by atoms with Crippen molar-refractivity contribution in [2.24, 2.45) is 29.1 Å². The number of Topliss-reactive ketones (excluding diaryl/α,β-unsaturated/α-hetero) is 1. The lowest BCUT2D eigenvalue weighted by Gasteiger charge is -2.54. The fourth-order valence-corrected chi connectivity index (χ4v) is 4.83. The molecule has 2 saturated carbocycles. The highest BCUT2D eigenvalue weighted by Gasteiger charge is 2.50. The fourth-order valence-electron chi connectivity index (χ4n) is 4.83. The maximum atomic E-state index is 12.0. The van der Waals surface area contributed by atoms with Crippen LogP contribution in [0, 0.1) is 29.1 Å². The van der Waals surface area contributed by atoms with Gasteiger partial charge in [-0.1, -0.05) is 32.8 Å². The van der Waals surface area contributed by atoms with E-state index in [0.717, 1.165) is 31.1 Å². The molecule has 1 heteroatoms. The van der Waals surface area contributed by atoms with Crippen molar-refractivity contribution in [3.8, 4) is 0 Å². The Morgan fingerprint density at radius 2 is 2.05 bits per heavy atom. The van der Waals surface area contributed by atoms with Crippen molar-refractivity contribution in [1.82, 2.24) is 0 Å². The van der Waals surface area contributed by atoms with E-state index < -0.39 is 0 Å². The summed E-state index contributed by atoms with van der Waals surface area (Å²) < 4.78 is 0. The molecule has 19 heavy (non-hydrogen) atoms. The molecule has 0 aliphatic heterocycles. The molecule has 2 rings (SSSR count). The predicted molar refractivity (Wildman–Crippen MR) is 80.9 cm³/mol. The Hall–Kier alpha value is -0.590. The van der Waals surface area contributed by atoms with Crippen molar-refractivity contribution in [2.45, 2.75) is 66.2 Å². The first-order valence-electron chi connectivity index (χ1n) is 8.01. The van der Waals surface area contributed by atoms with Crippen molar-refractivity contribution >= 4 is 5.78 Å². The second-order valence-electron chi connectivity index (χ2n) is 7.64. The van der Waals surface area contributed by atoms with Crippen LogP contribution in [0.1, 0.15) is 66.2 Å². The lowest BCUT2D eigenvalue weighted by atomic mass is 9.50. The first-order valence-corrected chi connectivity index (χ1v) is 8.01. The van der Waals surface area contributed by atoms with Gasteiger partial charge in [0.15, 0.2) is 0 Å². The Morgan fingerprint density at radius 1 is 1.37 bits per heavy atom. The summed E-state index contributed by atoms with van der Waals surface area (Å²) >= 11 is 0. The molecular weight excluding hydrogens is 232 g/mol. The van der Waals surface area contributed by atoms with Gasteiger partial charge in [0, 0.05) is 12.3 Å². The summed E-state index contributed by atoms with van der Waals surface area (Å²) in [5.41, 5.74) is 1.69. The normalized spacial score (nSPS) is 42.8. The van der Waals surface area contributed by atoms with Gasteiger partial charge in [-0.05, 0) is 55.8 Å². The summed E-state index contributed by atoms with van der Waals surface area (Å²) in [6, 6.07) is 0. The van der Waals surface area contributed by atoms with Crippen molar-refractivity contribution in [3.63, 3.8) is 0 Å². The largest absolute Gasteiger partial charge is 0.299 e. The second-order valence-corrected chi connectivity index (χ2v) is 7.64. The highest BCUT2D eigenvalue weighted by molar-refractivity contribution is 5.82. The average Bonchev–Trinajstić information content (AvgIpc) is 2.30. The van der Waals surface area contributed by atoms with Crippen LogP contribution >= 0.6 is 0 Å². The van der Waals surface area contributed by atoms with Crippen molar-refractivity contribution in [3.05, 3.63) is 12.2 Å². The third-order valence-corrected chi connectivity index (χ3v) is 6.06. The minimum atomic E-state index is 0.277. The van der Waals surface area contributed by atoms with Gasteiger partial charge in [0.2, 0.25) is 0 Å². The van der Waals surface area contributed by atoms with Crippen LogP contribution in [0.4, 0.5) is 0 Å². The SMILES string of the molecule is C=C(C)CC[C@@H]1[C@@H](C)CC[C@@H]2CC(=O)C(C)C[C@]21C. The topological polar surface area (TPSA) is 17.1 Å². The summed E-state index contributed by atoms with van der Waals surface area (Å²) in [5.74, 6) is 3.01. The zero-order valence-electron chi connectivity index (χ0n) is 13.2. The first-order chi connectivity index (χ1) is 8.84. The highest BCUT2D eigenvalue weighted by Crippen LogP contribution is 2.57. The van der Waals surface area contributed by atoms with Crippen molar-refractivity contribution in [1.29, 1.82) is 0 Å². The van der Waals surface area contributed by atoms with E-state index in [2.05, 4.69) is 34.3 Å². The number of hydrogen-bond acceptors (Lipinski definition) is 1. The number of carbonyl (C=O) groups excluding carboxylic acids is 1. The zero-order chi connectivity index (χ0) is 14.2. The maximum Gasteiger partial charge on any atom is 0.136 e. The third kappa shape index (κ3) is 2.80. The molecule has 108 valence electrons. The van der Waals surface area contributed by atoms with Gasteiger partial charge in [-0.2, -0.15) is 0 Å². The molecule has 0 aromatic rings. The fraction of sp³-hybridized carbons (Fsp3) is 0.833. The highest BCUT2D eigenvalue weighted by atomic mass is 16.1. The molecular formula is C18H30O. The van der Waals surface area contributed by atoms with Crippen LogP contribution < -0.4 is 0 Å². The summed E-state index contributed by atoms with van der Waals surface area (Å²) in [6.07, 6.45) is 6.95. The number of carbonyl (C=O) groups is 1. The van der Waals surface area contributed by atoms with Crippen LogP contribution in [-0.4, -0.2) is 5.78 Å². The number of allylic oxidation sites excluding steroid dienone is 1. The molecule has 2 aliphatic carbocycles. The van der Waals surface area contributed by atoms with E-state index in [-0.39, 0.29) is 5.92 Å². The number of hydrogen-bond donors (Lipinski definition) is 0. The average molecular weight is 262 g/mol. The summed E-state index contributed by atoms with van der Waals surface area (Å²) in [5, 5.41) is 0. The standard InChI is InChI=1S/C18H30O/c1-12(2)6-9-16-13(3)7-8-15-10-17(19)14(4)11-18(15,16)5/h13-16H,1,6-11H2,2-5H3/t13-,14?,15+,16+,18+/m0/s1. The summed E-state index contributed by atoms with van der Waals surface area (Å²) in [4.78, 5) is 12.0. The van der Waals surface area contributed by atoms with Crippen LogP contribution in [0.2, 0.25) is 0 Å². The number of ketones is 1. The Labute approximate surface area is 118 Å². The van der Waals surface area contributed by atoms with Crippen molar-refractivity contribution in [2.75, 3.05) is 0 Å². The molecule has 0 radical (unpaired) electrons. The van der Waals surface area contributed by atoms with Gasteiger partial charge in [-0.25, -0.2) is 0 Å². The second kappa shape index (κ2) is 5.42. The smallest absolute Gasteiger partial charge is 0.136 e. The third-order valence-electron chi connectivity index (χ3n) is 6.06. The molecule has 1 unspecified atom stereocenters. The lowest BCUT2D eigenvalue weighted by Crippen LogP contribution is -2.48. The van der Waals surface area contributed by atoms with Crippen LogP contribution in [-0.2, 0) is 4.79 Å². The van der Waals surface area contributed by atoms with Gasteiger partial charge in [-0.3, -0.25) is 4.79 Å². The number of fused-ring (bicyclic) bond motifs is 1. The lowest BCUT2D eigenvalue weighted by molar-refractivity contribution is -0.136. The van der Waals surface area contributed by atoms with Gasteiger partial charge < -0.3 is 0 Å². The van der Waals surface area contributed by atoms with Gasteiger partial charge in [-0.15, -0.1) is 6.58 Å². The summed E-state index contributed by atoms with van der Waals surface area (Å²) in [7, 11) is 0. The van der Waals surface area contributed by atoms with E-state index in [4.69, 9.17) is 0 Å². The van der Waals surface area contributed by atoms with E-state index >= 15 is 0 Å². The van der Waals surface area contributed by atoms with E-state index in [1.165, 1.54) is 24.8 Å². The molecule has 0 bridgehead atoms. The molecule has 0 N–H and O–H groups in total. The molecule has 5 atom stereocenters. The molecule has 0 aromatic heterocycles. The van der Waals surface area contributed by atoms with Crippen LogP contribution in [0.25, 0.3) is 0 Å². The Balaban J connectivity index is 2.18. The molecule has 0 spiro atoms. The maximum absolute atomic E-state index is 12.0. The first kappa shape index (κ1) is 14.8. The summed E-state index contributed by atoms with van der Waals surface area (Å²) in [6.45, 7) is 13.2. The molecule has 0 saturated heterocycles. The minimum Gasteiger partial charge on any atom is -0.299 e. The van der Waals surface area contributed by atoms with E-state index in [1.54, 1.807) is 0 Å². The van der Waals surface area contributed by atoms with E-state index in [9.17, 15) is 4.79 Å². The molecule has 2 aliphatic rings. The van der Waals surface area contributed by atoms with Crippen LogP contribution in [0.3, 0.4) is 0 Å². The molecule has 0 amide bonds. The Morgan fingerprint density at radius 3 is 2.68 bits per heavy atom. The quantitative estimate of drug-likeness (QED) is 0.653. The van der Waals surface area contributed by atoms with Gasteiger partial charge in [0.25, 0.3) is 0 Å². The monoisotopic (exact) mass is 262 g/mol. The zero-order valence-corrected chi connectivity index (χ0v) is 13.2. The molecule has 0 heterocycles. The van der Waals surface area contributed by atoms with E-state index in [1.807, 2.05) is 0 Å². The van der Waals surface area contributed by atoms with Crippen molar-refractivity contribution < 1.29 is 4.79 Å².